The Labute approximate surface area is 104 Å². The fourth-order valence-electron chi connectivity index (χ4n) is 1.65. The number of hydroxylamine groups is 1. The van der Waals surface area contributed by atoms with Gasteiger partial charge in [0.05, 0.1) is 12.3 Å². The molecule has 0 amide bonds. The van der Waals surface area contributed by atoms with Gasteiger partial charge < -0.3 is 4.84 Å². The van der Waals surface area contributed by atoms with Gasteiger partial charge in [-0.05, 0) is 5.92 Å². The quantitative estimate of drug-likeness (QED) is 0.633. The van der Waals surface area contributed by atoms with E-state index in [2.05, 4.69) is 45.2 Å². The maximum Gasteiger partial charge on any atom is 0.0723 e. The highest BCUT2D eigenvalue weighted by atomic mass is 16.6. The number of hydrogen-bond donors (Lipinski definition) is 1. The third-order valence-corrected chi connectivity index (χ3v) is 2.40. The van der Waals surface area contributed by atoms with Gasteiger partial charge in [0.2, 0.25) is 0 Å². The van der Waals surface area contributed by atoms with Crippen LogP contribution in [0.15, 0.2) is 6.20 Å². The van der Waals surface area contributed by atoms with Gasteiger partial charge in [-0.25, -0.2) is 0 Å². The van der Waals surface area contributed by atoms with Crippen LogP contribution in [0.25, 0.3) is 0 Å². The van der Waals surface area contributed by atoms with Crippen LogP contribution < -0.4 is 5.48 Å². The van der Waals surface area contributed by atoms with Crippen molar-refractivity contribution in [3.8, 4) is 0 Å². The maximum absolute atomic E-state index is 5.39. The summed E-state index contributed by atoms with van der Waals surface area (Å²) in [6.45, 7) is 12.2. The zero-order chi connectivity index (χ0) is 13.1. The number of nitrogens with zero attached hydrogens (tertiary/aromatic N) is 2. The van der Waals surface area contributed by atoms with E-state index in [-0.39, 0.29) is 5.41 Å². The minimum atomic E-state index is 0.0658. The van der Waals surface area contributed by atoms with Crippen LogP contribution in [0.5, 0.6) is 0 Å². The minimum Gasteiger partial charge on any atom is -0.301 e. The van der Waals surface area contributed by atoms with Crippen LogP contribution in [0.3, 0.4) is 0 Å². The molecule has 4 nitrogen and oxygen atoms in total. The number of aryl methyl sites for hydroxylation is 1. The van der Waals surface area contributed by atoms with Gasteiger partial charge in [-0.15, -0.1) is 0 Å². The summed E-state index contributed by atoms with van der Waals surface area (Å²) in [5, 5.41) is 4.52. The number of rotatable bonds is 5. The van der Waals surface area contributed by atoms with Crippen LogP contribution in [0, 0.1) is 5.92 Å². The number of hydrogen-bond acceptors (Lipinski definition) is 3. The van der Waals surface area contributed by atoms with Crippen molar-refractivity contribution in [1.82, 2.24) is 15.3 Å². The average Bonchev–Trinajstić information content (AvgIpc) is 2.53. The van der Waals surface area contributed by atoms with Gasteiger partial charge in [-0.1, -0.05) is 34.6 Å². The zero-order valence-electron chi connectivity index (χ0n) is 11.9. The second kappa shape index (κ2) is 5.65. The van der Waals surface area contributed by atoms with Crippen molar-refractivity contribution in [2.45, 2.75) is 46.6 Å². The van der Waals surface area contributed by atoms with Gasteiger partial charge in [-0.3, -0.25) is 4.68 Å². The molecule has 0 aliphatic rings. The van der Waals surface area contributed by atoms with Crippen molar-refractivity contribution in [2.24, 2.45) is 13.0 Å². The molecule has 17 heavy (non-hydrogen) atoms. The summed E-state index contributed by atoms with van der Waals surface area (Å²) in [7, 11) is 1.95. The first kappa shape index (κ1) is 14.2. The molecule has 0 aliphatic carbocycles. The van der Waals surface area contributed by atoms with Crippen LogP contribution >= 0.6 is 0 Å². The SMILES string of the molecule is CC(C)CONCc1cn(C)nc1C(C)(C)C. The van der Waals surface area contributed by atoms with Gasteiger partial charge in [0.15, 0.2) is 0 Å². The summed E-state index contributed by atoms with van der Waals surface area (Å²) >= 11 is 0. The topological polar surface area (TPSA) is 39.1 Å². The summed E-state index contributed by atoms with van der Waals surface area (Å²) in [5.41, 5.74) is 5.39. The molecule has 0 saturated carbocycles. The molecule has 1 heterocycles. The summed E-state index contributed by atoms with van der Waals surface area (Å²) in [6.07, 6.45) is 2.05. The van der Waals surface area contributed by atoms with Crippen molar-refractivity contribution in [3.63, 3.8) is 0 Å². The highest BCUT2D eigenvalue weighted by Gasteiger charge is 2.21. The summed E-state index contributed by atoms with van der Waals surface area (Å²) < 4.78 is 1.86. The van der Waals surface area contributed by atoms with Crippen molar-refractivity contribution in [1.29, 1.82) is 0 Å². The molecule has 0 radical (unpaired) electrons. The van der Waals surface area contributed by atoms with Gasteiger partial charge in [0, 0.05) is 30.8 Å². The zero-order valence-corrected chi connectivity index (χ0v) is 11.9. The van der Waals surface area contributed by atoms with E-state index in [9.17, 15) is 0 Å². The Balaban J connectivity index is 2.59. The molecule has 98 valence electrons. The normalized spacial score (nSPS) is 12.4. The van der Waals surface area contributed by atoms with Crippen LogP contribution in [0.1, 0.15) is 45.9 Å². The molecule has 1 aromatic heterocycles. The Kier molecular flexibility index (Phi) is 4.71. The van der Waals surface area contributed by atoms with E-state index in [0.717, 1.165) is 12.3 Å². The molecule has 0 atom stereocenters. The fraction of sp³-hybridized carbons (Fsp3) is 0.769. The first-order valence-electron chi connectivity index (χ1n) is 6.18. The van der Waals surface area contributed by atoms with Crippen LogP contribution in [0.2, 0.25) is 0 Å². The first-order valence-corrected chi connectivity index (χ1v) is 6.18. The molecule has 1 aromatic rings. The second-order valence-corrected chi connectivity index (χ2v) is 5.95. The Bertz CT molecular complexity index is 350. The standard InChI is InChI=1S/C13H25N3O/c1-10(2)9-17-14-7-11-8-16(6)15-12(11)13(3,4)5/h8,10,14H,7,9H2,1-6H3. The molecule has 4 heteroatoms. The lowest BCUT2D eigenvalue weighted by atomic mass is 9.90. The molecule has 0 unspecified atom stereocenters. The van der Waals surface area contributed by atoms with Crippen LogP contribution in [-0.4, -0.2) is 16.4 Å². The minimum absolute atomic E-state index is 0.0658. The van der Waals surface area contributed by atoms with E-state index in [1.54, 1.807) is 0 Å². The van der Waals surface area contributed by atoms with Crippen LogP contribution in [-0.2, 0) is 23.8 Å². The van der Waals surface area contributed by atoms with Crippen LogP contribution in [0.4, 0.5) is 0 Å². The Hall–Kier alpha value is -0.870. The highest BCUT2D eigenvalue weighted by Crippen LogP contribution is 2.23. The third kappa shape index (κ3) is 4.48. The molecule has 0 fully saturated rings. The second-order valence-electron chi connectivity index (χ2n) is 5.95. The number of aromatic nitrogens is 2. The molecule has 1 rings (SSSR count). The third-order valence-electron chi connectivity index (χ3n) is 2.40. The lowest BCUT2D eigenvalue weighted by molar-refractivity contribution is 0.0194. The summed E-state index contributed by atoms with van der Waals surface area (Å²) in [5.74, 6) is 0.540. The van der Waals surface area contributed by atoms with Crippen molar-refractivity contribution >= 4 is 0 Å². The molecular weight excluding hydrogens is 214 g/mol. The molecule has 0 aromatic carbocycles. The molecular formula is C13H25N3O. The number of nitrogens with one attached hydrogen (secondary N) is 1. The first-order chi connectivity index (χ1) is 7.80. The lowest BCUT2D eigenvalue weighted by Crippen LogP contribution is -2.21. The molecule has 0 spiro atoms. The predicted octanol–water partition coefficient (Wildman–Crippen LogP) is 2.39. The highest BCUT2D eigenvalue weighted by molar-refractivity contribution is 5.23. The van der Waals surface area contributed by atoms with Crippen molar-refractivity contribution in [2.75, 3.05) is 6.61 Å². The average molecular weight is 239 g/mol. The van der Waals surface area contributed by atoms with E-state index in [1.165, 1.54) is 5.56 Å². The van der Waals surface area contributed by atoms with Crippen molar-refractivity contribution in [3.05, 3.63) is 17.5 Å². The summed E-state index contributed by atoms with van der Waals surface area (Å²) in [4.78, 5) is 5.39. The van der Waals surface area contributed by atoms with E-state index in [4.69, 9.17) is 4.84 Å². The van der Waals surface area contributed by atoms with Gasteiger partial charge >= 0.3 is 0 Å². The monoisotopic (exact) mass is 239 g/mol. The van der Waals surface area contributed by atoms with E-state index in [1.807, 2.05) is 17.9 Å². The molecule has 0 aliphatic heterocycles. The Morgan fingerprint density at radius 1 is 1.41 bits per heavy atom. The molecule has 0 saturated heterocycles. The smallest absolute Gasteiger partial charge is 0.0723 e. The fourth-order valence-corrected chi connectivity index (χ4v) is 1.65. The predicted molar refractivity (Wildman–Crippen MR) is 69.5 cm³/mol. The molecule has 0 bridgehead atoms. The largest absolute Gasteiger partial charge is 0.301 e. The lowest BCUT2D eigenvalue weighted by Gasteiger charge is -2.17. The van der Waals surface area contributed by atoms with Gasteiger partial charge in [0.1, 0.15) is 0 Å². The van der Waals surface area contributed by atoms with E-state index in [0.29, 0.717) is 12.5 Å². The Morgan fingerprint density at radius 2 is 2.06 bits per heavy atom. The summed E-state index contributed by atoms with van der Waals surface area (Å²) in [6, 6.07) is 0. The van der Waals surface area contributed by atoms with Crippen molar-refractivity contribution < 1.29 is 4.84 Å². The van der Waals surface area contributed by atoms with E-state index >= 15 is 0 Å². The van der Waals surface area contributed by atoms with Gasteiger partial charge in [-0.2, -0.15) is 10.6 Å². The van der Waals surface area contributed by atoms with E-state index < -0.39 is 0 Å². The maximum atomic E-state index is 5.39. The van der Waals surface area contributed by atoms with Gasteiger partial charge in [0.25, 0.3) is 0 Å². The molecule has 1 N–H and O–H groups in total. The Morgan fingerprint density at radius 3 is 2.59 bits per heavy atom.